The van der Waals surface area contributed by atoms with Crippen molar-refractivity contribution in [2.24, 2.45) is 0 Å². The number of ether oxygens (including phenoxy) is 1. The Bertz CT molecular complexity index is 433. The number of rotatable bonds is 3. The number of carbonyl (C=O) groups is 1. The molecule has 0 aliphatic carbocycles. The highest BCUT2D eigenvalue weighted by Gasteiger charge is 2.19. The van der Waals surface area contributed by atoms with Gasteiger partial charge in [-0.3, -0.25) is 4.79 Å². The van der Waals surface area contributed by atoms with Gasteiger partial charge in [-0.2, -0.15) is 0 Å². The van der Waals surface area contributed by atoms with E-state index < -0.39 is 0 Å². The molecule has 0 saturated carbocycles. The molecule has 0 unspecified atom stereocenters. The van der Waals surface area contributed by atoms with Gasteiger partial charge in [-0.05, 0) is 34.8 Å². The van der Waals surface area contributed by atoms with Crippen LogP contribution in [0, 0.1) is 0 Å². The molecule has 18 heavy (non-hydrogen) atoms. The van der Waals surface area contributed by atoms with Gasteiger partial charge in [0.25, 0.3) is 5.91 Å². The van der Waals surface area contributed by atoms with E-state index in [1.165, 1.54) is 0 Å². The van der Waals surface area contributed by atoms with Crippen LogP contribution in [-0.2, 0) is 4.74 Å². The molecular weight excluding hydrogens is 298 g/mol. The fraction of sp³-hybridized carbons (Fsp3) is 0.500. The fourth-order valence-electron chi connectivity index (χ4n) is 1.92. The predicted octanol–water partition coefficient (Wildman–Crippen LogP) is 1.79. The first-order valence-corrected chi connectivity index (χ1v) is 6.72. The molecule has 0 spiro atoms. The average Bonchev–Trinajstić information content (AvgIpc) is 2.40. The SMILES string of the molecule is CNc1ncc(Br)cc1C(=O)NC1CCOCC1. The van der Waals surface area contributed by atoms with Crippen molar-refractivity contribution in [3.63, 3.8) is 0 Å². The number of aromatic nitrogens is 1. The molecule has 1 amide bonds. The Balaban J connectivity index is 2.09. The largest absolute Gasteiger partial charge is 0.381 e. The van der Waals surface area contributed by atoms with E-state index in [1.807, 2.05) is 0 Å². The maximum Gasteiger partial charge on any atom is 0.255 e. The van der Waals surface area contributed by atoms with Gasteiger partial charge in [-0.1, -0.05) is 0 Å². The average molecular weight is 314 g/mol. The first-order chi connectivity index (χ1) is 8.70. The van der Waals surface area contributed by atoms with Crippen LogP contribution in [0.1, 0.15) is 23.2 Å². The molecule has 98 valence electrons. The summed E-state index contributed by atoms with van der Waals surface area (Å²) >= 11 is 3.33. The highest BCUT2D eigenvalue weighted by Crippen LogP contribution is 2.18. The number of anilines is 1. The van der Waals surface area contributed by atoms with E-state index in [-0.39, 0.29) is 11.9 Å². The maximum absolute atomic E-state index is 12.2. The van der Waals surface area contributed by atoms with Crippen molar-refractivity contribution in [3.05, 3.63) is 22.3 Å². The third kappa shape index (κ3) is 3.20. The summed E-state index contributed by atoms with van der Waals surface area (Å²) < 4.78 is 6.06. The molecular formula is C12H16BrN3O2. The molecule has 2 heterocycles. The Morgan fingerprint density at radius 3 is 2.89 bits per heavy atom. The Morgan fingerprint density at radius 2 is 2.22 bits per heavy atom. The zero-order valence-electron chi connectivity index (χ0n) is 10.2. The minimum absolute atomic E-state index is 0.0972. The Labute approximate surface area is 114 Å². The molecule has 0 aromatic carbocycles. The molecule has 0 atom stereocenters. The number of halogens is 1. The summed E-state index contributed by atoms with van der Waals surface area (Å²) in [6, 6.07) is 1.96. The summed E-state index contributed by atoms with van der Waals surface area (Å²) in [7, 11) is 1.75. The summed E-state index contributed by atoms with van der Waals surface area (Å²) in [4.78, 5) is 16.4. The molecule has 1 fully saturated rings. The standard InChI is InChI=1S/C12H16BrN3O2/c1-14-11-10(6-8(13)7-15-11)12(17)16-9-2-4-18-5-3-9/h6-7,9H,2-5H2,1H3,(H,14,15)(H,16,17). The van der Waals surface area contributed by atoms with Gasteiger partial charge in [0.2, 0.25) is 0 Å². The van der Waals surface area contributed by atoms with E-state index in [0.29, 0.717) is 24.6 Å². The summed E-state index contributed by atoms with van der Waals surface area (Å²) in [6.45, 7) is 1.42. The number of hydrogen-bond acceptors (Lipinski definition) is 4. The first-order valence-electron chi connectivity index (χ1n) is 5.92. The van der Waals surface area contributed by atoms with Crippen LogP contribution in [0.3, 0.4) is 0 Å². The van der Waals surface area contributed by atoms with E-state index in [4.69, 9.17) is 4.74 Å². The van der Waals surface area contributed by atoms with Crippen LogP contribution >= 0.6 is 15.9 Å². The van der Waals surface area contributed by atoms with Crippen LogP contribution in [0.2, 0.25) is 0 Å². The van der Waals surface area contributed by atoms with Crippen molar-refractivity contribution < 1.29 is 9.53 Å². The summed E-state index contributed by atoms with van der Waals surface area (Å²) in [6.07, 6.45) is 3.39. The van der Waals surface area contributed by atoms with Crippen LogP contribution in [0.25, 0.3) is 0 Å². The van der Waals surface area contributed by atoms with Crippen molar-refractivity contribution >= 4 is 27.7 Å². The smallest absolute Gasteiger partial charge is 0.255 e. The summed E-state index contributed by atoms with van der Waals surface area (Å²) in [5, 5.41) is 5.94. The summed E-state index contributed by atoms with van der Waals surface area (Å²) in [5.74, 6) is 0.489. The van der Waals surface area contributed by atoms with Crippen LogP contribution in [0.15, 0.2) is 16.7 Å². The molecule has 0 bridgehead atoms. The van der Waals surface area contributed by atoms with Crippen molar-refractivity contribution in [2.45, 2.75) is 18.9 Å². The lowest BCUT2D eigenvalue weighted by Gasteiger charge is -2.23. The topological polar surface area (TPSA) is 63.2 Å². The monoisotopic (exact) mass is 313 g/mol. The highest BCUT2D eigenvalue weighted by atomic mass is 79.9. The molecule has 1 aliphatic heterocycles. The third-order valence-electron chi connectivity index (χ3n) is 2.89. The second-order valence-electron chi connectivity index (χ2n) is 4.16. The molecule has 0 radical (unpaired) electrons. The minimum Gasteiger partial charge on any atom is -0.381 e. The number of hydrogen-bond donors (Lipinski definition) is 2. The lowest BCUT2D eigenvalue weighted by molar-refractivity contribution is 0.0696. The van der Waals surface area contributed by atoms with Crippen molar-refractivity contribution in [1.82, 2.24) is 10.3 Å². The van der Waals surface area contributed by atoms with Crippen molar-refractivity contribution in [2.75, 3.05) is 25.6 Å². The normalized spacial score (nSPS) is 16.3. The van der Waals surface area contributed by atoms with Crippen molar-refractivity contribution in [3.8, 4) is 0 Å². The molecule has 1 aliphatic rings. The lowest BCUT2D eigenvalue weighted by Crippen LogP contribution is -2.39. The highest BCUT2D eigenvalue weighted by molar-refractivity contribution is 9.10. The molecule has 5 nitrogen and oxygen atoms in total. The third-order valence-corrected chi connectivity index (χ3v) is 3.33. The molecule has 2 rings (SSSR count). The van der Waals surface area contributed by atoms with Gasteiger partial charge < -0.3 is 15.4 Å². The van der Waals surface area contributed by atoms with Gasteiger partial charge >= 0.3 is 0 Å². The van der Waals surface area contributed by atoms with E-state index >= 15 is 0 Å². The van der Waals surface area contributed by atoms with Crippen molar-refractivity contribution in [1.29, 1.82) is 0 Å². The Morgan fingerprint density at radius 1 is 1.50 bits per heavy atom. The zero-order chi connectivity index (χ0) is 13.0. The second kappa shape index (κ2) is 6.15. The van der Waals surface area contributed by atoms with Gasteiger partial charge in [0.15, 0.2) is 0 Å². The van der Waals surface area contributed by atoms with E-state index in [9.17, 15) is 4.79 Å². The maximum atomic E-state index is 12.2. The van der Waals surface area contributed by atoms with Gasteiger partial charge in [-0.25, -0.2) is 4.98 Å². The Kier molecular flexibility index (Phi) is 4.54. The molecule has 1 aromatic rings. The summed E-state index contributed by atoms with van der Waals surface area (Å²) in [5.41, 5.74) is 0.554. The van der Waals surface area contributed by atoms with E-state index in [2.05, 4.69) is 31.5 Å². The van der Waals surface area contributed by atoms with Crippen LogP contribution in [0.4, 0.5) is 5.82 Å². The quantitative estimate of drug-likeness (QED) is 0.893. The second-order valence-corrected chi connectivity index (χ2v) is 5.08. The van der Waals surface area contributed by atoms with E-state index in [0.717, 1.165) is 17.3 Å². The first kappa shape index (κ1) is 13.3. The van der Waals surface area contributed by atoms with Gasteiger partial charge in [-0.15, -0.1) is 0 Å². The molecule has 6 heteroatoms. The number of nitrogens with one attached hydrogen (secondary N) is 2. The Hall–Kier alpha value is -1.14. The van der Waals surface area contributed by atoms with Crippen LogP contribution in [0.5, 0.6) is 0 Å². The minimum atomic E-state index is -0.0972. The van der Waals surface area contributed by atoms with Crippen LogP contribution < -0.4 is 10.6 Å². The number of amides is 1. The van der Waals surface area contributed by atoms with Gasteiger partial charge in [0.05, 0.1) is 5.56 Å². The van der Waals surface area contributed by atoms with Gasteiger partial charge in [0.1, 0.15) is 5.82 Å². The van der Waals surface area contributed by atoms with Gasteiger partial charge in [0, 0.05) is 37.0 Å². The molecule has 2 N–H and O–H groups in total. The van der Waals surface area contributed by atoms with E-state index in [1.54, 1.807) is 19.3 Å². The molecule has 1 aromatic heterocycles. The zero-order valence-corrected chi connectivity index (χ0v) is 11.8. The molecule has 1 saturated heterocycles. The predicted molar refractivity (Wildman–Crippen MR) is 72.8 cm³/mol. The number of carbonyl (C=O) groups excluding carboxylic acids is 1. The fourth-order valence-corrected chi connectivity index (χ4v) is 2.25. The van der Waals surface area contributed by atoms with Crippen LogP contribution in [-0.4, -0.2) is 37.2 Å². The number of pyridine rings is 1. The lowest BCUT2D eigenvalue weighted by atomic mass is 10.1. The number of nitrogens with zero attached hydrogens (tertiary/aromatic N) is 1.